The van der Waals surface area contributed by atoms with Gasteiger partial charge in [-0.1, -0.05) is 0 Å². The van der Waals surface area contributed by atoms with Crippen LogP contribution in [-0.4, -0.2) is 59.9 Å². The monoisotopic (exact) mass is 370 g/mol. The summed E-state index contributed by atoms with van der Waals surface area (Å²) in [5.41, 5.74) is 1.39. The molecule has 2 heterocycles. The number of benzene rings is 1. The van der Waals surface area contributed by atoms with Crippen LogP contribution >= 0.6 is 0 Å². The maximum absolute atomic E-state index is 12.2. The summed E-state index contributed by atoms with van der Waals surface area (Å²) in [6.45, 7) is 8.26. The Bertz CT molecular complexity index is 779. The van der Waals surface area contributed by atoms with Crippen LogP contribution in [0.15, 0.2) is 36.7 Å². The number of hydrogen-bond donors (Lipinski definition) is 0. The summed E-state index contributed by atoms with van der Waals surface area (Å²) in [5.74, 6) is 1.67. The molecule has 27 heavy (non-hydrogen) atoms. The highest BCUT2D eigenvalue weighted by Crippen LogP contribution is 2.24. The molecule has 1 aliphatic heterocycles. The van der Waals surface area contributed by atoms with Crippen molar-refractivity contribution in [3.63, 3.8) is 0 Å². The van der Waals surface area contributed by atoms with Crippen LogP contribution in [-0.2, 0) is 4.74 Å². The number of ether oxygens (including phenoxy) is 2. The molecule has 0 unspecified atom stereocenters. The second-order valence-electron chi connectivity index (χ2n) is 7.44. The molecule has 1 aliphatic rings. The first kappa shape index (κ1) is 18.9. The summed E-state index contributed by atoms with van der Waals surface area (Å²) in [5, 5.41) is 0. The van der Waals surface area contributed by atoms with Crippen molar-refractivity contribution >= 4 is 11.9 Å². The number of amides is 1. The topological polar surface area (TPSA) is 67.8 Å². The van der Waals surface area contributed by atoms with E-state index in [-0.39, 0.29) is 6.09 Å². The fourth-order valence-electron chi connectivity index (χ4n) is 2.88. The zero-order chi connectivity index (χ0) is 19.4. The molecule has 0 aliphatic carbocycles. The lowest BCUT2D eigenvalue weighted by atomic mass is 10.1. The van der Waals surface area contributed by atoms with Gasteiger partial charge in [0.15, 0.2) is 0 Å². The Labute approximate surface area is 159 Å². The fourth-order valence-corrected chi connectivity index (χ4v) is 2.88. The molecule has 3 rings (SSSR count). The summed E-state index contributed by atoms with van der Waals surface area (Å²) in [6, 6.07) is 9.76. The third kappa shape index (κ3) is 4.87. The number of rotatable bonds is 3. The molecule has 1 aromatic heterocycles. The fraction of sp³-hybridized carbons (Fsp3) is 0.450. The molecule has 7 nitrogen and oxygen atoms in total. The van der Waals surface area contributed by atoms with Crippen molar-refractivity contribution in [2.75, 3.05) is 38.2 Å². The normalized spacial score (nSPS) is 14.8. The minimum absolute atomic E-state index is 0.260. The largest absolute Gasteiger partial charge is 0.497 e. The molecular weight excluding hydrogens is 344 g/mol. The van der Waals surface area contributed by atoms with Gasteiger partial charge in [-0.25, -0.2) is 14.8 Å². The van der Waals surface area contributed by atoms with E-state index in [1.54, 1.807) is 18.3 Å². The highest BCUT2D eigenvalue weighted by Gasteiger charge is 2.26. The van der Waals surface area contributed by atoms with Crippen LogP contribution in [0.2, 0.25) is 0 Å². The molecule has 0 atom stereocenters. The van der Waals surface area contributed by atoms with Gasteiger partial charge in [0.1, 0.15) is 23.5 Å². The smallest absolute Gasteiger partial charge is 0.410 e. The second-order valence-corrected chi connectivity index (χ2v) is 7.44. The molecule has 1 saturated heterocycles. The molecule has 0 radical (unpaired) electrons. The first-order valence-electron chi connectivity index (χ1n) is 9.05. The zero-order valence-electron chi connectivity index (χ0n) is 16.3. The molecule has 144 valence electrons. The van der Waals surface area contributed by atoms with Crippen LogP contribution < -0.4 is 9.64 Å². The van der Waals surface area contributed by atoms with E-state index in [9.17, 15) is 4.79 Å². The molecule has 1 amide bonds. The number of methoxy groups -OCH3 is 1. The molecular formula is C20H26N4O3. The average molecular weight is 370 g/mol. The van der Waals surface area contributed by atoms with Gasteiger partial charge in [0.2, 0.25) is 0 Å². The lowest BCUT2D eigenvalue weighted by Gasteiger charge is -2.36. The van der Waals surface area contributed by atoms with Crippen LogP contribution in [0.1, 0.15) is 20.8 Å². The highest BCUT2D eigenvalue weighted by molar-refractivity contribution is 5.69. The maximum atomic E-state index is 12.2. The maximum Gasteiger partial charge on any atom is 0.410 e. The van der Waals surface area contributed by atoms with Gasteiger partial charge in [0, 0.05) is 37.8 Å². The van der Waals surface area contributed by atoms with E-state index >= 15 is 0 Å². The van der Waals surface area contributed by atoms with E-state index in [2.05, 4.69) is 14.9 Å². The molecule has 1 aromatic carbocycles. The van der Waals surface area contributed by atoms with E-state index in [1.807, 2.05) is 51.1 Å². The first-order valence-corrected chi connectivity index (χ1v) is 9.05. The van der Waals surface area contributed by atoms with Gasteiger partial charge >= 0.3 is 6.09 Å². The van der Waals surface area contributed by atoms with Gasteiger partial charge in [-0.15, -0.1) is 0 Å². The Balaban J connectivity index is 1.65. The van der Waals surface area contributed by atoms with Gasteiger partial charge in [-0.3, -0.25) is 0 Å². The third-order valence-corrected chi connectivity index (χ3v) is 4.29. The Morgan fingerprint density at radius 3 is 2.30 bits per heavy atom. The predicted molar refractivity (Wildman–Crippen MR) is 104 cm³/mol. The van der Waals surface area contributed by atoms with Crippen molar-refractivity contribution < 1.29 is 14.3 Å². The Kier molecular flexibility index (Phi) is 5.48. The van der Waals surface area contributed by atoms with Crippen molar-refractivity contribution in [1.82, 2.24) is 14.9 Å². The number of anilines is 1. The van der Waals surface area contributed by atoms with Gasteiger partial charge in [0.05, 0.1) is 12.8 Å². The Morgan fingerprint density at radius 1 is 1.04 bits per heavy atom. The summed E-state index contributed by atoms with van der Waals surface area (Å²) in [7, 11) is 1.65. The number of piperazine rings is 1. The van der Waals surface area contributed by atoms with Crippen LogP contribution in [0.5, 0.6) is 5.75 Å². The molecule has 7 heteroatoms. The number of aromatic nitrogens is 2. The predicted octanol–water partition coefficient (Wildman–Crippen LogP) is 3.21. The van der Waals surface area contributed by atoms with Crippen molar-refractivity contribution in [3.8, 4) is 17.0 Å². The molecule has 0 bridgehead atoms. The van der Waals surface area contributed by atoms with Crippen molar-refractivity contribution in [1.29, 1.82) is 0 Å². The minimum atomic E-state index is -0.478. The third-order valence-electron chi connectivity index (χ3n) is 4.29. The quantitative estimate of drug-likeness (QED) is 0.826. The van der Waals surface area contributed by atoms with Gasteiger partial charge in [0.25, 0.3) is 0 Å². The van der Waals surface area contributed by atoms with Gasteiger partial charge in [-0.2, -0.15) is 0 Å². The number of carbonyl (C=O) groups is 1. The minimum Gasteiger partial charge on any atom is -0.497 e. The number of nitrogens with zero attached hydrogens (tertiary/aromatic N) is 4. The summed E-state index contributed by atoms with van der Waals surface area (Å²) in [4.78, 5) is 24.9. The number of carbonyl (C=O) groups excluding carboxylic acids is 1. The SMILES string of the molecule is COc1ccc(-c2cc(N3CCN(C(=O)OC(C)(C)C)CC3)ncn2)cc1. The second kappa shape index (κ2) is 7.82. The van der Waals surface area contributed by atoms with E-state index in [1.165, 1.54) is 0 Å². The molecule has 0 saturated carbocycles. The van der Waals surface area contributed by atoms with Crippen molar-refractivity contribution in [3.05, 3.63) is 36.7 Å². The van der Waals surface area contributed by atoms with Gasteiger partial charge < -0.3 is 19.3 Å². The Morgan fingerprint density at radius 2 is 1.70 bits per heavy atom. The lowest BCUT2D eigenvalue weighted by Crippen LogP contribution is -2.50. The van der Waals surface area contributed by atoms with Crippen LogP contribution in [0, 0.1) is 0 Å². The van der Waals surface area contributed by atoms with E-state index < -0.39 is 5.60 Å². The van der Waals surface area contributed by atoms with Crippen LogP contribution in [0.25, 0.3) is 11.3 Å². The highest BCUT2D eigenvalue weighted by atomic mass is 16.6. The van der Waals surface area contributed by atoms with E-state index in [0.717, 1.165) is 22.8 Å². The van der Waals surface area contributed by atoms with Crippen LogP contribution in [0.4, 0.5) is 10.6 Å². The van der Waals surface area contributed by atoms with Crippen molar-refractivity contribution in [2.45, 2.75) is 26.4 Å². The molecule has 1 fully saturated rings. The number of hydrogen-bond acceptors (Lipinski definition) is 6. The summed E-state index contributed by atoms with van der Waals surface area (Å²) >= 11 is 0. The van der Waals surface area contributed by atoms with Crippen molar-refractivity contribution in [2.24, 2.45) is 0 Å². The van der Waals surface area contributed by atoms with Crippen LogP contribution in [0.3, 0.4) is 0 Å². The summed E-state index contributed by atoms with van der Waals surface area (Å²) < 4.78 is 10.6. The van der Waals surface area contributed by atoms with E-state index in [4.69, 9.17) is 9.47 Å². The molecule has 0 spiro atoms. The molecule has 0 N–H and O–H groups in total. The molecule has 2 aromatic rings. The standard InChI is InChI=1S/C20H26N4O3/c1-20(2,3)27-19(25)24-11-9-23(10-12-24)18-13-17(21-14-22-18)15-5-7-16(26-4)8-6-15/h5-8,13-14H,9-12H2,1-4H3. The van der Waals surface area contributed by atoms with Gasteiger partial charge in [-0.05, 0) is 45.0 Å². The Hall–Kier alpha value is -2.83. The lowest BCUT2D eigenvalue weighted by molar-refractivity contribution is 0.0240. The zero-order valence-corrected chi connectivity index (χ0v) is 16.3. The first-order chi connectivity index (χ1) is 12.9. The van der Waals surface area contributed by atoms with E-state index in [0.29, 0.717) is 26.2 Å². The summed E-state index contributed by atoms with van der Waals surface area (Å²) in [6.07, 6.45) is 1.32. The average Bonchev–Trinajstić information content (AvgIpc) is 2.67.